The lowest BCUT2D eigenvalue weighted by Crippen LogP contribution is -2.37. The first-order chi connectivity index (χ1) is 15.0. The number of methoxy groups -OCH3 is 1. The average molecular weight is 418 g/mol. The topological polar surface area (TPSA) is 79.6 Å². The standard InChI is InChI=1S/C24H26N4O3/c1-15-9-5-6-10-18(15)14-28-17(3)23(16(2)26-28)25-24(29)20-13-22(31-27-20)19-11-7-8-12-21(19)30-4/h5-13,16,26H,14H2,1-4H3,(H,25,29). The summed E-state index contributed by atoms with van der Waals surface area (Å²) in [5, 5.41) is 9.02. The highest BCUT2D eigenvalue weighted by Gasteiger charge is 2.28. The molecule has 2 aromatic carbocycles. The van der Waals surface area contributed by atoms with Crippen molar-refractivity contribution in [3.63, 3.8) is 0 Å². The van der Waals surface area contributed by atoms with Gasteiger partial charge in [0, 0.05) is 11.8 Å². The number of hydrogen-bond acceptors (Lipinski definition) is 6. The first-order valence-electron chi connectivity index (χ1n) is 10.2. The van der Waals surface area contributed by atoms with Crippen molar-refractivity contribution in [2.24, 2.45) is 0 Å². The number of hydrazine groups is 1. The minimum atomic E-state index is -0.314. The van der Waals surface area contributed by atoms with Crippen LogP contribution in [-0.4, -0.2) is 29.2 Å². The Balaban J connectivity index is 1.51. The molecular formula is C24H26N4O3. The Morgan fingerprint density at radius 1 is 1.19 bits per heavy atom. The number of hydrogen-bond donors (Lipinski definition) is 2. The number of allylic oxidation sites excluding steroid dienone is 1. The lowest BCUT2D eigenvalue weighted by molar-refractivity contribution is 0.0954. The van der Waals surface area contributed by atoms with Crippen LogP contribution in [0.3, 0.4) is 0 Å². The van der Waals surface area contributed by atoms with E-state index in [2.05, 4.69) is 40.0 Å². The van der Waals surface area contributed by atoms with Crippen molar-refractivity contribution in [3.8, 4) is 17.1 Å². The molecule has 0 bridgehead atoms. The minimum absolute atomic E-state index is 0.0337. The van der Waals surface area contributed by atoms with Gasteiger partial charge in [-0.05, 0) is 44.0 Å². The van der Waals surface area contributed by atoms with Gasteiger partial charge in [0.2, 0.25) is 0 Å². The first-order valence-corrected chi connectivity index (χ1v) is 10.2. The molecule has 1 amide bonds. The van der Waals surface area contributed by atoms with E-state index < -0.39 is 0 Å². The lowest BCUT2D eigenvalue weighted by Gasteiger charge is -2.22. The molecule has 0 saturated carbocycles. The molecule has 0 radical (unpaired) electrons. The zero-order chi connectivity index (χ0) is 22.0. The Bertz CT molecular complexity index is 1140. The number of benzene rings is 2. The van der Waals surface area contributed by atoms with E-state index in [0.29, 0.717) is 18.1 Å². The summed E-state index contributed by atoms with van der Waals surface area (Å²) < 4.78 is 10.8. The Labute approximate surface area is 181 Å². The molecule has 31 heavy (non-hydrogen) atoms. The second-order valence-corrected chi connectivity index (χ2v) is 7.59. The highest BCUT2D eigenvalue weighted by molar-refractivity contribution is 5.94. The number of para-hydroxylation sites is 1. The second kappa shape index (κ2) is 8.65. The molecule has 0 saturated heterocycles. The van der Waals surface area contributed by atoms with Crippen LogP contribution in [0.15, 0.2) is 70.5 Å². The normalized spacial score (nSPS) is 16.0. The Kier molecular flexibility index (Phi) is 5.77. The largest absolute Gasteiger partial charge is 0.496 e. The lowest BCUT2D eigenvalue weighted by atomic mass is 10.1. The zero-order valence-electron chi connectivity index (χ0n) is 18.1. The van der Waals surface area contributed by atoms with Crippen LogP contribution in [0.1, 0.15) is 35.5 Å². The van der Waals surface area contributed by atoms with E-state index in [1.807, 2.05) is 50.2 Å². The summed E-state index contributed by atoms with van der Waals surface area (Å²) in [6, 6.07) is 17.3. The molecule has 3 aromatic rings. The van der Waals surface area contributed by atoms with Gasteiger partial charge in [-0.1, -0.05) is 41.6 Å². The number of ether oxygens (including phenoxy) is 1. The van der Waals surface area contributed by atoms with Crippen molar-refractivity contribution in [1.29, 1.82) is 0 Å². The maximum Gasteiger partial charge on any atom is 0.277 e. The molecule has 1 aromatic heterocycles. The van der Waals surface area contributed by atoms with Gasteiger partial charge < -0.3 is 19.6 Å². The molecule has 1 unspecified atom stereocenters. The fraction of sp³-hybridized carbons (Fsp3) is 0.250. The van der Waals surface area contributed by atoms with E-state index in [4.69, 9.17) is 9.26 Å². The third-order valence-electron chi connectivity index (χ3n) is 5.53. The molecule has 0 spiro atoms. The Hall–Kier alpha value is -3.58. The zero-order valence-corrected chi connectivity index (χ0v) is 18.1. The van der Waals surface area contributed by atoms with E-state index >= 15 is 0 Å². The number of nitrogens with one attached hydrogen (secondary N) is 2. The number of carbonyl (C=O) groups is 1. The fourth-order valence-electron chi connectivity index (χ4n) is 3.72. The van der Waals surface area contributed by atoms with Gasteiger partial charge in [-0.2, -0.15) is 0 Å². The maximum absolute atomic E-state index is 12.9. The van der Waals surface area contributed by atoms with Crippen LogP contribution >= 0.6 is 0 Å². The molecule has 2 heterocycles. The third kappa shape index (κ3) is 4.18. The van der Waals surface area contributed by atoms with E-state index in [1.54, 1.807) is 13.2 Å². The van der Waals surface area contributed by atoms with Crippen molar-refractivity contribution in [2.45, 2.75) is 33.4 Å². The fourth-order valence-corrected chi connectivity index (χ4v) is 3.72. The highest BCUT2D eigenvalue weighted by Crippen LogP contribution is 2.30. The summed E-state index contributed by atoms with van der Waals surface area (Å²) >= 11 is 0. The average Bonchev–Trinajstić information content (AvgIpc) is 3.36. The summed E-state index contributed by atoms with van der Waals surface area (Å²) in [6.07, 6.45) is 0. The third-order valence-corrected chi connectivity index (χ3v) is 5.53. The van der Waals surface area contributed by atoms with Crippen LogP contribution in [0.2, 0.25) is 0 Å². The molecular weight excluding hydrogens is 392 g/mol. The van der Waals surface area contributed by atoms with E-state index in [-0.39, 0.29) is 17.6 Å². The Morgan fingerprint density at radius 2 is 1.94 bits per heavy atom. The second-order valence-electron chi connectivity index (χ2n) is 7.59. The van der Waals surface area contributed by atoms with E-state index in [0.717, 1.165) is 17.0 Å². The van der Waals surface area contributed by atoms with Crippen LogP contribution < -0.4 is 15.5 Å². The smallest absolute Gasteiger partial charge is 0.277 e. The van der Waals surface area contributed by atoms with Gasteiger partial charge in [0.1, 0.15) is 5.75 Å². The summed E-state index contributed by atoms with van der Waals surface area (Å²) in [5.74, 6) is 0.822. The van der Waals surface area contributed by atoms with Gasteiger partial charge in [0.25, 0.3) is 5.91 Å². The number of aryl methyl sites for hydroxylation is 1. The molecule has 0 fully saturated rings. The van der Waals surface area contributed by atoms with Crippen LogP contribution in [-0.2, 0) is 6.54 Å². The summed E-state index contributed by atoms with van der Waals surface area (Å²) in [4.78, 5) is 12.9. The van der Waals surface area contributed by atoms with Crippen LogP contribution in [0.25, 0.3) is 11.3 Å². The van der Waals surface area contributed by atoms with Gasteiger partial charge >= 0.3 is 0 Å². The van der Waals surface area contributed by atoms with E-state index in [1.165, 1.54) is 11.1 Å². The molecule has 1 aliphatic heterocycles. The van der Waals surface area contributed by atoms with E-state index in [9.17, 15) is 4.79 Å². The maximum atomic E-state index is 12.9. The monoisotopic (exact) mass is 418 g/mol. The number of nitrogens with zero attached hydrogens (tertiary/aromatic N) is 2. The quantitative estimate of drug-likeness (QED) is 0.629. The number of amides is 1. The van der Waals surface area contributed by atoms with Crippen LogP contribution in [0, 0.1) is 6.92 Å². The summed E-state index contributed by atoms with van der Waals surface area (Å²) in [5.41, 5.74) is 8.62. The molecule has 4 rings (SSSR count). The molecule has 7 heteroatoms. The molecule has 160 valence electrons. The van der Waals surface area contributed by atoms with Crippen molar-refractivity contribution < 1.29 is 14.1 Å². The predicted molar refractivity (Wildman–Crippen MR) is 118 cm³/mol. The summed E-state index contributed by atoms with van der Waals surface area (Å²) in [6.45, 7) is 6.82. The van der Waals surface area contributed by atoms with Gasteiger partial charge in [-0.15, -0.1) is 0 Å². The Morgan fingerprint density at radius 3 is 2.71 bits per heavy atom. The molecule has 7 nitrogen and oxygen atoms in total. The van der Waals surface area contributed by atoms with Gasteiger partial charge in [0.05, 0.1) is 31.0 Å². The number of aromatic nitrogens is 1. The SMILES string of the molecule is COc1ccccc1-c1cc(C(=O)NC2=C(C)N(Cc3ccccc3C)NC2C)no1. The summed E-state index contributed by atoms with van der Waals surface area (Å²) in [7, 11) is 1.59. The van der Waals surface area contributed by atoms with Crippen molar-refractivity contribution in [1.82, 2.24) is 20.9 Å². The number of carbonyl (C=O) groups excluding carboxylic acids is 1. The highest BCUT2D eigenvalue weighted by atomic mass is 16.5. The van der Waals surface area contributed by atoms with Crippen LogP contribution in [0.5, 0.6) is 5.75 Å². The molecule has 1 aliphatic rings. The van der Waals surface area contributed by atoms with Crippen molar-refractivity contribution >= 4 is 5.91 Å². The van der Waals surface area contributed by atoms with Gasteiger partial charge in [-0.3, -0.25) is 4.79 Å². The molecule has 2 N–H and O–H groups in total. The van der Waals surface area contributed by atoms with Gasteiger partial charge in [0.15, 0.2) is 11.5 Å². The molecule has 0 aliphatic carbocycles. The van der Waals surface area contributed by atoms with Crippen molar-refractivity contribution in [2.75, 3.05) is 7.11 Å². The first kappa shape index (κ1) is 20.7. The van der Waals surface area contributed by atoms with Crippen LogP contribution in [0.4, 0.5) is 0 Å². The number of rotatable bonds is 6. The molecule has 1 atom stereocenters. The minimum Gasteiger partial charge on any atom is -0.496 e. The predicted octanol–water partition coefficient (Wildman–Crippen LogP) is 4.03. The van der Waals surface area contributed by atoms with Gasteiger partial charge in [-0.25, -0.2) is 5.43 Å². The van der Waals surface area contributed by atoms with Crippen molar-refractivity contribution in [3.05, 3.63) is 82.8 Å².